The summed E-state index contributed by atoms with van der Waals surface area (Å²) in [5.74, 6) is 1.59. The monoisotopic (exact) mass is 345 g/mol. The van der Waals surface area contributed by atoms with E-state index < -0.39 is 0 Å². The molecular formula is C18H20BrNO. The van der Waals surface area contributed by atoms with Crippen LogP contribution in [0.2, 0.25) is 0 Å². The molecule has 0 aliphatic carbocycles. The van der Waals surface area contributed by atoms with Crippen LogP contribution in [0.25, 0.3) is 0 Å². The molecule has 0 saturated carbocycles. The molecule has 2 aromatic rings. The number of fused-ring (bicyclic) bond motifs is 1. The van der Waals surface area contributed by atoms with E-state index in [1.807, 2.05) is 12.1 Å². The van der Waals surface area contributed by atoms with E-state index in [2.05, 4.69) is 65.4 Å². The Labute approximate surface area is 134 Å². The molecule has 3 rings (SSSR count). The highest BCUT2D eigenvalue weighted by Crippen LogP contribution is 2.31. The van der Waals surface area contributed by atoms with E-state index in [-0.39, 0.29) is 6.10 Å². The van der Waals surface area contributed by atoms with E-state index in [0.717, 1.165) is 28.9 Å². The molecule has 3 heteroatoms. The molecule has 0 radical (unpaired) electrons. The fourth-order valence-electron chi connectivity index (χ4n) is 2.62. The van der Waals surface area contributed by atoms with Gasteiger partial charge in [-0.3, -0.25) is 0 Å². The molecule has 0 aromatic heterocycles. The average Bonchev–Trinajstić information content (AvgIpc) is 2.87. The molecule has 0 fully saturated rings. The summed E-state index contributed by atoms with van der Waals surface area (Å²) in [6.07, 6.45) is 1.17. The summed E-state index contributed by atoms with van der Waals surface area (Å²) < 4.78 is 7.08. The van der Waals surface area contributed by atoms with E-state index in [1.165, 1.54) is 11.1 Å². The second-order valence-corrected chi connectivity index (χ2v) is 6.77. The predicted octanol–water partition coefficient (Wildman–Crippen LogP) is 4.99. The van der Waals surface area contributed by atoms with Gasteiger partial charge in [0.25, 0.3) is 0 Å². The molecule has 0 saturated heterocycles. The Morgan fingerprint density at radius 2 is 1.95 bits per heavy atom. The van der Waals surface area contributed by atoms with Crippen LogP contribution in [0, 0.1) is 0 Å². The summed E-state index contributed by atoms with van der Waals surface area (Å²) in [5.41, 5.74) is 3.81. The normalized spacial score (nSPS) is 16.7. The number of halogens is 1. The largest absolute Gasteiger partial charge is 0.488 e. The average molecular weight is 346 g/mol. The Kier molecular flexibility index (Phi) is 4.20. The highest BCUT2D eigenvalue weighted by molar-refractivity contribution is 9.10. The lowest BCUT2D eigenvalue weighted by atomic mass is 10.0. The number of benzene rings is 2. The number of ether oxygens (including phenoxy) is 1. The topological polar surface area (TPSA) is 21.3 Å². The number of hydrogen-bond acceptors (Lipinski definition) is 2. The lowest BCUT2D eigenvalue weighted by Crippen LogP contribution is -2.23. The van der Waals surface area contributed by atoms with Crippen LogP contribution in [0.3, 0.4) is 0 Å². The molecule has 1 heterocycles. The lowest BCUT2D eigenvalue weighted by Gasteiger charge is -2.13. The first-order valence-corrected chi connectivity index (χ1v) is 8.20. The Bertz CT molecular complexity index is 622. The smallest absolute Gasteiger partial charge is 0.123 e. The molecule has 0 amide bonds. The SMILES string of the molecule is CC(C)c1ccc(NCC2Cc3cc(Br)ccc3O2)cc1. The van der Waals surface area contributed by atoms with E-state index in [1.54, 1.807) is 0 Å². The molecular weight excluding hydrogens is 326 g/mol. The third kappa shape index (κ3) is 3.41. The van der Waals surface area contributed by atoms with Crippen molar-refractivity contribution in [2.24, 2.45) is 0 Å². The number of anilines is 1. The molecule has 0 bridgehead atoms. The predicted molar refractivity (Wildman–Crippen MR) is 91.3 cm³/mol. The summed E-state index contributed by atoms with van der Waals surface area (Å²) in [5, 5.41) is 3.47. The van der Waals surface area contributed by atoms with Gasteiger partial charge in [-0.25, -0.2) is 0 Å². The van der Waals surface area contributed by atoms with Gasteiger partial charge in [-0.05, 0) is 47.4 Å². The maximum absolute atomic E-state index is 5.96. The van der Waals surface area contributed by atoms with Gasteiger partial charge in [-0.15, -0.1) is 0 Å². The van der Waals surface area contributed by atoms with Crippen LogP contribution < -0.4 is 10.1 Å². The first kappa shape index (κ1) is 14.5. The zero-order valence-electron chi connectivity index (χ0n) is 12.4. The fraction of sp³-hybridized carbons (Fsp3) is 0.333. The van der Waals surface area contributed by atoms with Gasteiger partial charge in [0.1, 0.15) is 11.9 Å². The minimum absolute atomic E-state index is 0.207. The van der Waals surface area contributed by atoms with E-state index in [0.29, 0.717) is 5.92 Å². The van der Waals surface area contributed by atoms with Crippen LogP contribution in [0.15, 0.2) is 46.9 Å². The summed E-state index contributed by atoms with van der Waals surface area (Å²) in [4.78, 5) is 0. The second kappa shape index (κ2) is 6.10. The van der Waals surface area contributed by atoms with E-state index in [4.69, 9.17) is 4.74 Å². The number of rotatable bonds is 4. The van der Waals surface area contributed by atoms with Crippen molar-refractivity contribution in [2.45, 2.75) is 32.3 Å². The van der Waals surface area contributed by atoms with Crippen molar-refractivity contribution in [3.05, 3.63) is 58.1 Å². The molecule has 1 unspecified atom stereocenters. The van der Waals surface area contributed by atoms with Crippen molar-refractivity contribution in [2.75, 3.05) is 11.9 Å². The van der Waals surface area contributed by atoms with Crippen molar-refractivity contribution in [3.63, 3.8) is 0 Å². The van der Waals surface area contributed by atoms with Crippen molar-refractivity contribution in [1.29, 1.82) is 0 Å². The molecule has 2 nitrogen and oxygen atoms in total. The standard InChI is InChI=1S/C18H20BrNO/c1-12(2)13-3-6-16(7-4-13)20-11-17-10-14-9-15(19)5-8-18(14)21-17/h3-9,12,17,20H,10-11H2,1-2H3. The quantitative estimate of drug-likeness (QED) is 0.842. The van der Waals surface area contributed by atoms with Crippen LogP contribution in [-0.4, -0.2) is 12.6 Å². The summed E-state index contributed by atoms with van der Waals surface area (Å²) in [7, 11) is 0. The lowest BCUT2D eigenvalue weighted by molar-refractivity contribution is 0.246. The Hall–Kier alpha value is -1.48. The molecule has 0 spiro atoms. The zero-order valence-corrected chi connectivity index (χ0v) is 14.0. The number of nitrogens with one attached hydrogen (secondary N) is 1. The van der Waals surface area contributed by atoms with Crippen LogP contribution in [0.4, 0.5) is 5.69 Å². The zero-order chi connectivity index (χ0) is 14.8. The van der Waals surface area contributed by atoms with Crippen LogP contribution in [-0.2, 0) is 6.42 Å². The molecule has 1 N–H and O–H groups in total. The molecule has 1 atom stereocenters. The minimum atomic E-state index is 0.207. The molecule has 110 valence electrons. The van der Waals surface area contributed by atoms with Gasteiger partial charge in [-0.1, -0.05) is 41.9 Å². The van der Waals surface area contributed by atoms with Crippen molar-refractivity contribution < 1.29 is 4.74 Å². The third-order valence-corrected chi connectivity index (χ3v) is 4.37. The molecule has 21 heavy (non-hydrogen) atoms. The Morgan fingerprint density at radius 1 is 1.19 bits per heavy atom. The van der Waals surface area contributed by atoms with Crippen molar-refractivity contribution >= 4 is 21.6 Å². The van der Waals surface area contributed by atoms with E-state index >= 15 is 0 Å². The van der Waals surface area contributed by atoms with Crippen molar-refractivity contribution in [3.8, 4) is 5.75 Å². The molecule has 2 aromatic carbocycles. The Morgan fingerprint density at radius 3 is 2.67 bits per heavy atom. The summed E-state index contributed by atoms with van der Waals surface area (Å²) in [6.45, 7) is 5.25. The van der Waals surface area contributed by atoms with Gasteiger partial charge in [0, 0.05) is 16.6 Å². The summed E-state index contributed by atoms with van der Waals surface area (Å²) in [6, 6.07) is 14.9. The minimum Gasteiger partial charge on any atom is -0.488 e. The molecule has 1 aliphatic rings. The second-order valence-electron chi connectivity index (χ2n) is 5.85. The van der Waals surface area contributed by atoms with Gasteiger partial charge in [-0.2, -0.15) is 0 Å². The maximum Gasteiger partial charge on any atom is 0.123 e. The van der Waals surface area contributed by atoms with E-state index in [9.17, 15) is 0 Å². The maximum atomic E-state index is 5.96. The fourth-order valence-corrected chi connectivity index (χ4v) is 3.03. The van der Waals surface area contributed by atoms with Crippen LogP contribution in [0.5, 0.6) is 5.75 Å². The van der Waals surface area contributed by atoms with Crippen molar-refractivity contribution in [1.82, 2.24) is 0 Å². The van der Waals surface area contributed by atoms with Crippen LogP contribution >= 0.6 is 15.9 Å². The van der Waals surface area contributed by atoms with Crippen LogP contribution in [0.1, 0.15) is 30.9 Å². The Balaban J connectivity index is 1.57. The number of hydrogen-bond donors (Lipinski definition) is 1. The first-order chi connectivity index (χ1) is 10.1. The van der Waals surface area contributed by atoms with Gasteiger partial charge in [0.2, 0.25) is 0 Å². The highest BCUT2D eigenvalue weighted by atomic mass is 79.9. The van der Waals surface area contributed by atoms with Gasteiger partial charge in [0.05, 0.1) is 6.54 Å². The molecule has 1 aliphatic heterocycles. The van der Waals surface area contributed by atoms with Gasteiger partial charge >= 0.3 is 0 Å². The van der Waals surface area contributed by atoms with Gasteiger partial charge in [0.15, 0.2) is 0 Å². The summed E-state index contributed by atoms with van der Waals surface area (Å²) >= 11 is 3.51. The highest BCUT2D eigenvalue weighted by Gasteiger charge is 2.22. The third-order valence-electron chi connectivity index (χ3n) is 3.87. The first-order valence-electron chi connectivity index (χ1n) is 7.41. The van der Waals surface area contributed by atoms with Gasteiger partial charge < -0.3 is 10.1 Å².